The van der Waals surface area contributed by atoms with Gasteiger partial charge < -0.3 is 0 Å². The van der Waals surface area contributed by atoms with E-state index in [9.17, 15) is 0 Å². The third-order valence-corrected chi connectivity index (χ3v) is 12.7. The Labute approximate surface area is 306 Å². The molecule has 0 amide bonds. The minimum Gasteiger partial charge on any atom is -0.0602 e. The van der Waals surface area contributed by atoms with E-state index >= 15 is 0 Å². The van der Waals surface area contributed by atoms with Crippen LogP contribution in [0.3, 0.4) is 0 Å². The summed E-state index contributed by atoms with van der Waals surface area (Å²) in [5.74, 6) is 1.54. The first-order valence-corrected chi connectivity index (χ1v) is 20.5. The van der Waals surface area contributed by atoms with Crippen LogP contribution < -0.4 is 15.9 Å². The number of rotatable bonds is 9. The highest BCUT2D eigenvalue weighted by atomic mass is 31.1. The van der Waals surface area contributed by atoms with Gasteiger partial charge in [0.2, 0.25) is 0 Å². The summed E-state index contributed by atoms with van der Waals surface area (Å²) in [6.45, 7) is 43.1. The molecule has 0 aromatic heterocycles. The van der Waals surface area contributed by atoms with Crippen LogP contribution in [0.25, 0.3) is 0 Å². The lowest BCUT2D eigenvalue weighted by atomic mass is 9.69. The number of hydrogen-bond donors (Lipinski definition) is 0. The SMILES string of the molecule is CC(C)(C)CC(c1ccc(P(c2ccc(C(CC(C)(C)C)C(C)(C)C)cc2)c2ccc(C(CC(C)(C)C)C(C)(C)C)cc2)cc1)C(C)(C)C. The van der Waals surface area contributed by atoms with E-state index in [-0.39, 0.29) is 32.5 Å². The van der Waals surface area contributed by atoms with Crippen molar-refractivity contribution in [3.63, 3.8) is 0 Å². The van der Waals surface area contributed by atoms with Crippen molar-refractivity contribution >= 4 is 23.8 Å². The van der Waals surface area contributed by atoms with Gasteiger partial charge in [-0.2, -0.15) is 0 Å². The molecule has 0 nitrogen and oxygen atoms in total. The molecule has 0 saturated carbocycles. The van der Waals surface area contributed by atoms with Gasteiger partial charge in [0.1, 0.15) is 0 Å². The largest absolute Gasteiger partial charge is 0.0602 e. The van der Waals surface area contributed by atoms with Crippen LogP contribution in [0.15, 0.2) is 72.8 Å². The fourth-order valence-electron chi connectivity index (χ4n) is 7.62. The van der Waals surface area contributed by atoms with Crippen LogP contribution in [-0.4, -0.2) is 0 Å². The third kappa shape index (κ3) is 12.4. The van der Waals surface area contributed by atoms with Gasteiger partial charge in [-0.15, -0.1) is 0 Å². The normalized spacial score (nSPS) is 16.3. The molecule has 0 bridgehead atoms. The quantitative estimate of drug-likeness (QED) is 0.197. The summed E-state index contributed by atoms with van der Waals surface area (Å²) in [4.78, 5) is 0. The average Bonchev–Trinajstić information content (AvgIpc) is 2.92. The second kappa shape index (κ2) is 15.0. The molecule has 0 N–H and O–H groups in total. The summed E-state index contributed by atoms with van der Waals surface area (Å²) in [5.41, 5.74) is 5.87. The maximum atomic E-state index is 2.46. The summed E-state index contributed by atoms with van der Waals surface area (Å²) in [6, 6.07) is 29.5. The molecule has 3 rings (SSSR count). The molecule has 49 heavy (non-hydrogen) atoms. The van der Waals surface area contributed by atoms with Crippen molar-refractivity contribution in [2.75, 3.05) is 0 Å². The Morgan fingerprint density at radius 3 is 0.653 bits per heavy atom. The van der Waals surface area contributed by atoms with Gasteiger partial charge in [-0.3, -0.25) is 0 Å². The van der Waals surface area contributed by atoms with Crippen molar-refractivity contribution in [3.05, 3.63) is 89.5 Å². The molecule has 3 aromatic carbocycles. The zero-order valence-electron chi connectivity index (χ0n) is 35.2. The van der Waals surface area contributed by atoms with E-state index < -0.39 is 7.92 Å². The zero-order valence-corrected chi connectivity index (χ0v) is 36.1. The molecule has 3 atom stereocenters. The fraction of sp³-hybridized carbons (Fsp3) is 0.625. The van der Waals surface area contributed by atoms with Crippen molar-refractivity contribution in [1.82, 2.24) is 0 Å². The van der Waals surface area contributed by atoms with Crippen LogP contribution in [0.5, 0.6) is 0 Å². The van der Waals surface area contributed by atoms with E-state index in [2.05, 4.69) is 197 Å². The van der Waals surface area contributed by atoms with Crippen molar-refractivity contribution in [2.45, 2.75) is 162 Å². The molecular formula is C48H75P. The molecular weight excluding hydrogens is 608 g/mol. The van der Waals surface area contributed by atoms with E-state index in [0.29, 0.717) is 17.8 Å². The molecule has 0 aliphatic heterocycles. The topological polar surface area (TPSA) is 0 Å². The molecule has 272 valence electrons. The highest BCUT2D eigenvalue weighted by molar-refractivity contribution is 7.79. The van der Waals surface area contributed by atoms with E-state index in [1.54, 1.807) is 0 Å². The van der Waals surface area contributed by atoms with Crippen molar-refractivity contribution < 1.29 is 0 Å². The maximum Gasteiger partial charge on any atom is -0.0108 e. The van der Waals surface area contributed by atoms with Crippen LogP contribution in [0, 0.1) is 32.5 Å². The van der Waals surface area contributed by atoms with Gasteiger partial charge >= 0.3 is 0 Å². The Hall–Kier alpha value is -1.91. The maximum absolute atomic E-state index is 2.46. The standard InChI is InChI=1S/C48H75P/c1-43(2,3)31-40(46(10,11)12)34-19-25-37(26-20-34)49(38-27-21-35(22-28-38)41(47(13,14)15)32-44(4,5)6)39-29-23-36(24-30-39)42(48(16,17)18)33-45(7,8)9/h19-30,40-42H,31-33H2,1-18H3. The van der Waals surface area contributed by atoms with Crippen molar-refractivity contribution in [3.8, 4) is 0 Å². The van der Waals surface area contributed by atoms with Crippen LogP contribution in [0.1, 0.15) is 178 Å². The predicted molar refractivity (Wildman–Crippen MR) is 224 cm³/mol. The Balaban J connectivity index is 2.15. The van der Waals surface area contributed by atoms with Crippen LogP contribution in [0.2, 0.25) is 0 Å². The number of benzene rings is 3. The van der Waals surface area contributed by atoms with Gasteiger partial charge in [-0.1, -0.05) is 197 Å². The molecule has 0 aliphatic rings. The first kappa shape index (κ1) is 41.5. The van der Waals surface area contributed by atoms with Crippen LogP contribution in [0.4, 0.5) is 0 Å². The van der Waals surface area contributed by atoms with E-state index in [4.69, 9.17) is 0 Å². The van der Waals surface area contributed by atoms with Gasteiger partial charge in [0.15, 0.2) is 0 Å². The molecule has 0 spiro atoms. The van der Waals surface area contributed by atoms with Crippen LogP contribution >= 0.6 is 7.92 Å². The molecule has 0 fully saturated rings. The molecule has 0 saturated heterocycles. The molecule has 0 heterocycles. The van der Waals surface area contributed by atoms with E-state index in [1.807, 2.05) is 0 Å². The lowest BCUT2D eigenvalue weighted by Crippen LogP contribution is -2.26. The average molecular weight is 683 g/mol. The van der Waals surface area contributed by atoms with E-state index in [1.165, 1.54) is 51.9 Å². The first-order chi connectivity index (χ1) is 22.1. The monoisotopic (exact) mass is 683 g/mol. The van der Waals surface area contributed by atoms with Crippen molar-refractivity contribution in [2.24, 2.45) is 32.5 Å². The van der Waals surface area contributed by atoms with Gasteiger partial charge in [0.25, 0.3) is 0 Å². The van der Waals surface area contributed by atoms with Crippen molar-refractivity contribution in [1.29, 1.82) is 0 Å². The second-order valence-electron chi connectivity index (χ2n) is 22.2. The van der Waals surface area contributed by atoms with Gasteiger partial charge in [-0.05, 0) is 110 Å². The van der Waals surface area contributed by atoms with Crippen LogP contribution in [-0.2, 0) is 0 Å². The molecule has 1 heteroatoms. The molecule has 0 radical (unpaired) electrons. The fourth-order valence-corrected chi connectivity index (χ4v) is 9.86. The Morgan fingerprint density at radius 1 is 0.327 bits per heavy atom. The highest BCUT2D eigenvalue weighted by Gasteiger charge is 2.33. The van der Waals surface area contributed by atoms with Gasteiger partial charge in [0.05, 0.1) is 0 Å². The Bertz CT molecular complexity index is 1260. The lowest BCUT2D eigenvalue weighted by Gasteiger charge is -2.37. The Kier molecular flexibility index (Phi) is 12.7. The van der Waals surface area contributed by atoms with Gasteiger partial charge in [0, 0.05) is 0 Å². The Morgan fingerprint density at radius 2 is 0.510 bits per heavy atom. The molecule has 3 aromatic rings. The summed E-state index contributed by atoms with van der Waals surface area (Å²) < 4.78 is 0. The van der Waals surface area contributed by atoms with Gasteiger partial charge in [-0.25, -0.2) is 0 Å². The highest BCUT2D eigenvalue weighted by Crippen LogP contribution is 2.46. The summed E-state index contributed by atoms with van der Waals surface area (Å²) >= 11 is 0. The molecule has 0 aliphatic carbocycles. The third-order valence-electron chi connectivity index (χ3n) is 10.2. The van der Waals surface area contributed by atoms with E-state index in [0.717, 1.165) is 0 Å². The zero-order chi connectivity index (χ0) is 37.4. The smallest absolute Gasteiger partial charge is 0.0108 e. The summed E-state index contributed by atoms with van der Waals surface area (Å²) in [5, 5.41) is 4.31. The molecule has 3 unspecified atom stereocenters. The summed E-state index contributed by atoms with van der Waals surface area (Å²) in [7, 11) is -0.706. The minimum atomic E-state index is -0.706. The minimum absolute atomic E-state index is 0.207. The number of hydrogen-bond acceptors (Lipinski definition) is 0. The second-order valence-corrected chi connectivity index (χ2v) is 24.4. The summed E-state index contributed by atoms with van der Waals surface area (Å²) in [6.07, 6.45) is 3.54. The first-order valence-electron chi connectivity index (χ1n) is 19.2. The predicted octanol–water partition coefficient (Wildman–Crippen LogP) is 14.1. The lowest BCUT2D eigenvalue weighted by molar-refractivity contribution is 0.229.